The summed E-state index contributed by atoms with van der Waals surface area (Å²) in [6.07, 6.45) is 10.0. The average Bonchev–Trinajstić information content (AvgIpc) is 2.35. The predicted octanol–water partition coefficient (Wildman–Crippen LogP) is 4.24. The molecule has 1 aliphatic heterocycles. The van der Waals surface area contributed by atoms with Crippen LogP contribution in [0.25, 0.3) is 0 Å². The summed E-state index contributed by atoms with van der Waals surface area (Å²) in [4.78, 5) is 0. The fourth-order valence-electron chi connectivity index (χ4n) is 2.54. The van der Waals surface area contributed by atoms with Crippen LogP contribution < -0.4 is 0 Å². The summed E-state index contributed by atoms with van der Waals surface area (Å²) in [5.41, 5.74) is 0. The third-order valence-electron chi connectivity index (χ3n) is 3.76. The second-order valence-corrected chi connectivity index (χ2v) is 6.47. The first kappa shape index (κ1) is 14.4. The Hall–Kier alpha value is 0.310. The number of thioether (sulfide) groups is 1. The Labute approximate surface area is 105 Å². The molecule has 0 bridgehead atoms. The molecule has 1 nitrogen and oxygen atoms in total. The van der Waals surface area contributed by atoms with Crippen LogP contribution in [0.2, 0.25) is 0 Å². The van der Waals surface area contributed by atoms with Crippen LogP contribution in [-0.2, 0) is 0 Å². The van der Waals surface area contributed by atoms with Crippen LogP contribution in [0, 0.1) is 5.92 Å². The van der Waals surface area contributed by atoms with E-state index in [9.17, 15) is 5.11 Å². The third kappa shape index (κ3) is 5.09. The molecule has 3 atom stereocenters. The molecule has 96 valence electrons. The average molecular weight is 244 g/mol. The van der Waals surface area contributed by atoms with Gasteiger partial charge in [-0.05, 0) is 30.9 Å². The molecule has 3 unspecified atom stereocenters. The number of hydrogen-bond donors (Lipinski definition) is 1. The van der Waals surface area contributed by atoms with Crippen molar-refractivity contribution in [1.82, 2.24) is 0 Å². The maximum atomic E-state index is 10.3. The van der Waals surface area contributed by atoms with E-state index in [-0.39, 0.29) is 6.10 Å². The monoisotopic (exact) mass is 244 g/mol. The molecule has 0 aliphatic carbocycles. The van der Waals surface area contributed by atoms with Gasteiger partial charge in [0.15, 0.2) is 0 Å². The smallest absolute Gasteiger partial charge is 0.0661 e. The number of hydrogen-bond acceptors (Lipinski definition) is 2. The Kier molecular flexibility index (Phi) is 7.55. The molecule has 1 fully saturated rings. The van der Waals surface area contributed by atoms with E-state index in [1.54, 1.807) is 0 Å². The summed E-state index contributed by atoms with van der Waals surface area (Å²) in [6, 6.07) is 0. The minimum absolute atomic E-state index is 0.0490. The lowest BCUT2D eigenvalue weighted by Gasteiger charge is -2.28. The van der Waals surface area contributed by atoms with Gasteiger partial charge < -0.3 is 5.11 Å². The minimum atomic E-state index is -0.0490. The zero-order valence-corrected chi connectivity index (χ0v) is 11.8. The van der Waals surface area contributed by atoms with E-state index in [0.29, 0.717) is 5.25 Å². The topological polar surface area (TPSA) is 20.2 Å². The van der Waals surface area contributed by atoms with Gasteiger partial charge in [0, 0.05) is 5.25 Å². The predicted molar refractivity (Wildman–Crippen MR) is 74.0 cm³/mol. The lowest BCUT2D eigenvalue weighted by molar-refractivity contribution is 0.130. The van der Waals surface area contributed by atoms with Crippen molar-refractivity contribution in [3.05, 3.63) is 0 Å². The van der Waals surface area contributed by atoms with Gasteiger partial charge in [0.05, 0.1) is 6.10 Å². The van der Waals surface area contributed by atoms with E-state index in [2.05, 4.69) is 13.8 Å². The Balaban J connectivity index is 2.26. The van der Waals surface area contributed by atoms with Crippen LogP contribution in [0.4, 0.5) is 0 Å². The van der Waals surface area contributed by atoms with Gasteiger partial charge >= 0.3 is 0 Å². The lowest BCUT2D eigenvalue weighted by Crippen LogP contribution is -2.28. The molecule has 0 spiro atoms. The Morgan fingerprint density at radius 1 is 1.31 bits per heavy atom. The molecule has 0 aromatic carbocycles. The standard InChI is InChI=1S/C14H28OS/c1-3-5-8-12(4-2)11-13(15)14-9-6-7-10-16-14/h12-15H,3-11H2,1-2H3. The highest BCUT2D eigenvalue weighted by Crippen LogP contribution is 2.31. The van der Waals surface area contributed by atoms with Gasteiger partial charge in [-0.25, -0.2) is 0 Å². The Morgan fingerprint density at radius 3 is 2.69 bits per heavy atom. The molecular weight excluding hydrogens is 216 g/mol. The van der Waals surface area contributed by atoms with Crippen molar-refractivity contribution < 1.29 is 5.11 Å². The molecule has 0 aromatic heterocycles. The maximum absolute atomic E-state index is 10.3. The molecule has 1 rings (SSSR count). The zero-order chi connectivity index (χ0) is 11.8. The van der Waals surface area contributed by atoms with Crippen LogP contribution in [-0.4, -0.2) is 22.2 Å². The molecular formula is C14H28OS. The first-order chi connectivity index (χ1) is 7.77. The summed E-state index contributed by atoms with van der Waals surface area (Å²) in [6.45, 7) is 4.52. The number of unbranched alkanes of at least 4 members (excludes halogenated alkanes) is 1. The van der Waals surface area contributed by atoms with Gasteiger partial charge in [0.2, 0.25) is 0 Å². The second-order valence-electron chi connectivity index (χ2n) is 5.12. The molecule has 0 amide bonds. The van der Waals surface area contributed by atoms with Crippen molar-refractivity contribution in [3.8, 4) is 0 Å². The second kappa shape index (κ2) is 8.41. The maximum Gasteiger partial charge on any atom is 0.0661 e. The van der Waals surface area contributed by atoms with Gasteiger partial charge in [0.25, 0.3) is 0 Å². The largest absolute Gasteiger partial charge is 0.392 e. The van der Waals surface area contributed by atoms with Gasteiger partial charge in [-0.15, -0.1) is 0 Å². The number of rotatable bonds is 7. The van der Waals surface area contributed by atoms with Crippen molar-refractivity contribution in [3.63, 3.8) is 0 Å². The summed E-state index contributed by atoms with van der Waals surface area (Å²) >= 11 is 2.00. The van der Waals surface area contributed by atoms with Gasteiger partial charge in [-0.2, -0.15) is 11.8 Å². The van der Waals surface area contributed by atoms with Gasteiger partial charge in [-0.1, -0.05) is 46.0 Å². The van der Waals surface area contributed by atoms with E-state index in [4.69, 9.17) is 0 Å². The van der Waals surface area contributed by atoms with Crippen molar-refractivity contribution in [2.75, 3.05) is 5.75 Å². The van der Waals surface area contributed by atoms with E-state index in [1.807, 2.05) is 11.8 Å². The van der Waals surface area contributed by atoms with Crippen LogP contribution >= 0.6 is 11.8 Å². The van der Waals surface area contributed by atoms with E-state index in [1.165, 1.54) is 50.7 Å². The summed E-state index contributed by atoms with van der Waals surface area (Å²) in [7, 11) is 0. The van der Waals surface area contributed by atoms with Gasteiger partial charge in [0.1, 0.15) is 0 Å². The van der Waals surface area contributed by atoms with Crippen molar-refractivity contribution in [1.29, 1.82) is 0 Å². The summed E-state index contributed by atoms with van der Waals surface area (Å²) < 4.78 is 0. The SMILES string of the molecule is CCCCC(CC)CC(O)C1CCCCS1. The van der Waals surface area contributed by atoms with Crippen LogP contribution in [0.15, 0.2) is 0 Å². The molecule has 1 N–H and O–H groups in total. The minimum Gasteiger partial charge on any atom is -0.392 e. The normalized spacial score (nSPS) is 25.3. The fourth-order valence-corrected chi connectivity index (χ4v) is 3.88. The molecule has 1 saturated heterocycles. The van der Waals surface area contributed by atoms with E-state index in [0.717, 1.165) is 12.3 Å². The lowest BCUT2D eigenvalue weighted by atomic mass is 9.91. The Morgan fingerprint density at radius 2 is 2.12 bits per heavy atom. The van der Waals surface area contributed by atoms with Crippen LogP contribution in [0.3, 0.4) is 0 Å². The van der Waals surface area contributed by atoms with E-state index < -0.39 is 0 Å². The molecule has 0 aromatic rings. The quantitative estimate of drug-likeness (QED) is 0.723. The molecule has 16 heavy (non-hydrogen) atoms. The summed E-state index contributed by atoms with van der Waals surface area (Å²) in [5.74, 6) is 2.01. The number of aliphatic hydroxyl groups is 1. The highest BCUT2D eigenvalue weighted by atomic mass is 32.2. The van der Waals surface area contributed by atoms with E-state index >= 15 is 0 Å². The molecule has 2 heteroatoms. The molecule has 0 radical (unpaired) electrons. The van der Waals surface area contributed by atoms with Crippen LogP contribution in [0.1, 0.15) is 65.2 Å². The zero-order valence-electron chi connectivity index (χ0n) is 11.0. The third-order valence-corrected chi connectivity index (χ3v) is 5.26. The highest BCUT2D eigenvalue weighted by molar-refractivity contribution is 8.00. The van der Waals surface area contributed by atoms with Crippen molar-refractivity contribution in [2.45, 2.75) is 76.6 Å². The van der Waals surface area contributed by atoms with Crippen molar-refractivity contribution >= 4 is 11.8 Å². The first-order valence-electron chi connectivity index (χ1n) is 7.07. The highest BCUT2D eigenvalue weighted by Gasteiger charge is 2.24. The number of aliphatic hydroxyl groups excluding tert-OH is 1. The molecule has 0 saturated carbocycles. The summed E-state index contributed by atoms with van der Waals surface area (Å²) in [5, 5.41) is 10.8. The molecule has 1 aliphatic rings. The fraction of sp³-hybridized carbons (Fsp3) is 1.00. The van der Waals surface area contributed by atoms with Crippen molar-refractivity contribution in [2.24, 2.45) is 5.92 Å². The molecule has 1 heterocycles. The first-order valence-corrected chi connectivity index (χ1v) is 8.12. The van der Waals surface area contributed by atoms with Gasteiger partial charge in [-0.3, -0.25) is 0 Å². The van der Waals surface area contributed by atoms with Crippen LogP contribution in [0.5, 0.6) is 0 Å². The Bertz CT molecular complexity index is 166.